The number of rotatable bonds is 9. The summed E-state index contributed by atoms with van der Waals surface area (Å²) >= 11 is 0. The number of hydrogen-bond donors (Lipinski definition) is 2. The van der Waals surface area contributed by atoms with Crippen LogP contribution in [-0.2, 0) is 4.74 Å². The summed E-state index contributed by atoms with van der Waals surface area (Å²) in [5.41, 5.74) is 0.700. The molecule has 9 nitrogen and oxygen atoms in total. The van der Waals surface area contributed by atoms with Crippen LogP contribution < -0.4 is 24.8 Å². The molecule has 1 aromatic carbocycles. The van der Waals surface area contributed by atoms with E-state index in [0.29, 0.717) is 41.9 Å². The van der Waals surface area contributed by atoms with Crippen molar-refractivity contribution < 1.29 is 23.7 Å². The predicted octanol–water partition coefficient (Wildman–Crippen LogP) is 1.81. The molecule has 0 unspecified atom stereocenters. The van der Waals surface area contributed by atoms with Crippen molar-refractivity contribution in [3.63, 3.8) is 0 Å². The SMILES string of the molecule is COCCNc1cc(C(=O)Nc2cc(OC)c(OC)c(OC)c2)ncn1. The maximum atomic E-state index is 12.5. The van der Waals surface area contributed by atoms with E-state index in [0.717, 1.165) is 0 Å². The van der Waals surface area contributed by atoms with E-state index < -0.39 is 5.91 Å². The quantitative estimate of drug-likeness (QED) is 0.651. The summed E-state index contributed by atoms with van der Waals surface area (Å²) in [5.74, 6) is 1.46. The van der Waals surface area contributed by atoms with Gasteiger partial charge in [-0.15, -0.1) is 0 Å². The van der Waals surface area contributed by atoms with Crippen LogP contribution in [0.1, 0.15) is 10.5 Å². The van der Waals surface area contributed by atoms with E-state index in [1.54, 1.807) is 25.3 Å². The third-order valence-corrected chi connectivity index (χ3v) is 3.43. The standard InChI is InChI=1S/C17H22N4O5/c1-23-6-5-18-15-9-12(19-10-20-15)17(22)21-11-7-13(24-2)16(26-4)14(8-11)25-3/h7-10H,5-6H2,1-4H3,(H,21,22)(H,18,19,20). The predicted molar refractivity (Wildman–Crippen MR) is 96.4 cm³/mol. The van der Waals surface area contributed by atoms with Crippen molar-refractivity contribution in [2.24, 2.45) is 0 Å². The zero-order chi connectivity index (χ0) is 18.9. The van der Waals surface area contributed by atoms with Crippen molar-refractivity contribution in [2.45, 2.75) is 0 Å². The van der Waals surface area contributed by atoms with Gasteiger partial charge in [0.05, 0.1) is 27.9 Å². The Balaban J connectivity index is 2.18. The van der Waals surface area contributed by atoms with Crippen LogP contribution in [0.5, 0.6) is 17.2 Å². The normalized spacial score (nSPS) is 10.2. The van der Waals surface area contributed by atoms with Crippen LogP contribution >= 0.6 is 0 Å². The first-order valence-corrected chi connectivity index (χ1v) is 7.79. The number of anilines is 2. The molecular formula is C17H22N4O5. The monoisotopic (exact) mass is 362 g/mol. The molecule has 2 aromatic rings. The molecule has 0 fully saturated rings. The number of carbonyl (C=O) groups excluding carboxylic acids is 1. The zero-order valence-electron chi connectivity index (χ0n) is 15.2. The van der Waals surface area contributed by atoms with Crippen LogP contribution in [0.4, 0.5) is 11.5 Å². The largest absolute Gasteiger partial charge is 0.493 e. The minimum Gasteiger partial charge on any atom is -0.493 e. The number of methoxy groups -OCH3 is 4. The number of hydrogen-bond acceptors (Lipinski definition) is 8. The van der Waals surface area contributed by atoms with Gasteiger partial charge in [-0.05, 0) is 0 Å². The number of nitrogens with one attached hydrogen (secondary N) is 2. The topological polar surface area (TPSA) is 104 Å². The van der Waals surface area contributed by atoms with Crippen LogP contribution in [-0.4, -0.2) is 57.5 Å². The molecular weight excluding hydrogens is 340 g/mol. The smallest absolute Gasteiger partial charge is 0.274 e. The maximum absolute atomic E-state index is 12.5. The average molecular weight is 362 g/mol. The number of benzene rings is 1. The molecule has 26 heavy (non-hydrogen) atoms. The van der Waals surface area contributed by atoms with E-state index in [1.807, 2.05) is 0 Å². The van der Waals surface area contributed by atoms with Gasteiger partial charge >= 0.3 is 0 Å². The Morgan fingerprint density at radius 1 is 1.00 bits per heavy atom. The van der Waals surface area contributed by atoms with Crippen molar-refractivity contribution in [3.8, 4) is 17.2 Å². The maximum Gasteiger partial charge on any atom is 0.274 e. The molecule has 0 radical (unpaired) electrons. The highest BCUT2D eigenvalue weighted by Crippen LogP contribution is 2.39. The second kappa shape index (κ2) is 9.42. The van der Waals surface area contributed by atoms with Gasteiger partial charge in [0.25, 0.3) is 5.91 Å². The lowest BCUT2D eigenvalue weighted by molar-refractivity contribution is 0.102. The van der Waals surface area contributed by atoms with Gasteiger partial charge in [-0.25, -0.2) is 9.97 Å². The number of nitrogens with zero attached hydrogens (tertiary/aromatic N) is 2. The number of ether oxygens (including phenoxy) is 4. The van der Waals surface area contributed by atoms with Gasteiger partial charge in [-0.2, -0.15) is 0 Å². The van der Waals surface area contributed by atoms with Crippen LogP contribution in [0.25, 0.3) is 0 Å². The molecule has 0 spiro atoms. The van der Waals surface area contributed by atoms with E-state index in [9.17, 15) is 4.79 Å². The van der Waals surface area contributed by atoms with Gasteiger partial charge in [-0.3, -0.25) is 4.79 Å². The highest BCUT2D eigenvalue weighted by Gasteiger charge is 2.16. The molecule has 0 saturated carbocycles. The Kier molecular flexibility index (Phi) is 6.98. The fourth-order valence-corrected chi connectivity index (χ4v) is 2.21. The Morgan fingerprint density at radius 2 is 1.69 bits per heavy atom. The molecule has 0 aliphatic rings. The summed E-state index contributed by atoms with van der Waals surface area (Å²) in [6, 6.07) is 4.83. The first-order valence-electron chi connectivity index (χ1n) is 7.79. The molecule has 0 saturated heterocycles. The summed E-state index contributed by atoms with van der Waals surface area (Å²) in [6.07, 6.45) is 1.32. The second-order valence-corrected chi connectivity index (χ2v) is 5.08. The lowest BCUT2D eigenvalue weighted by atomic mass is 10.2. The number of aromatic nitrogens is 2. The third-order valence-electron chi connectivity index (χ3n) is 3.43. The molecule has 2 rings (SSSR count). The zero-order valence-corrected chi connectivity index (χ0v) is 15.2. The van der Waals surface area contributed by atoms with Crippen LogP contribution in [0.15, 0.2) is 24.5 Å². The summed E-state index contributed by atoms with van der Waals surface area (Å²) in [5, 5.41) is 5.80. The van der Waals surface area contributed by atoms with Crippen molar-refractivity contribution in [1.82, 2.24) is 9.97 Å². The molecule has 140 valence electrons. The molecule has 1 amide bonds. The summed E-state index contributed by atoms with van der Waals surface area (Å²) in [7, 11) is 6.13. The first-order chi connectivity index (χ1) is 12.6. The highest BCUT2D eigenvalue weighted by molar-refractivity contribution is 6.03. The lowest BCUT2D eigenvalue weighted by Gasteiger charge is -2.14. The summed E-state index contributed by atoms with van der Waals surface area (Å²) in [6.45, 7) is 1.10. The van der Waals surface area contributed by atoms with Crippen molar-refractivity contribution in [1.29, 1.82) is 0 Å². The Bertz CT molecular complexity index is 729. The van der Waals surface area contributed by atoms with Crippen molar-refractivity contribution in [2.75, 3.05) is 52.2 Å². The van der Waals surface area contributed by atoms with Crippen LogP contribution in [0.3, 0.4) is 0 Å². The fraction of sp³-hybridized carbons (Fsp3) is 0.353. The van der Waals surface area contributed by atoms with Gasteiger partial charge in [0.2, 0.25) is 5.75 Å². The van der Waals surface area contributed by atoms with Crippen LogP contribution in [0.2, 0.25) is 0 Å². The van der Waals surface area contributed by atoms with E-state index in [-0.39, 0.29) is 5.69 Å². The van der Waals surface area contributed by atoms with Gasteiger partial charge in [-0.1, -0.05) is 0 Å². The highest BCUT2D eigenvalue weighted by atomic mass is 16.5. The molecule has 0 bridgehead atoms. The number of carbonyl (C=O) groups is 1. The Labute approximate surface area is 151 Å². The van der Waals surface area contributed by atoms with Gasteiger partial charge in [0.15, 0.2) is 11.5 Å². The molecule has 0 aliphatic carbocycles. The molecule has 0 aliphatic heterocycles. The second-order valence-electron chi connectivity index (χ2n) is 5.08. The van der Waals surface area contributed by atoms with Crippen molar-refractivity contribution in [3.05, 3.63) is 30.2 Å². The van der Waals surface area contributed by atoms with Gasteiger partial charge < -0.3 is 29.6 Å². The van der Waals surface area contributed by atoms with E-state index in [1.165, 1.54) is 27.7 Å². The Hall–Kier alpha value is -3.07. The first kappa shape index (κ1) is 19.3. The Morgan fingerprint density at radius 3 is 2.27 bits per heavy atom. The lowest BCUT2D eigenvalue weighted by Crippen LogP contribution is -2.16. The van der Waals surface area contributed by atoms with E-state index >= 15 is 0 Å². The van der Waals surface area contributed by atoms with E-state index in [4.69, 9.17) is 18.9 Å². The van der Waals surface area contributed by atoms with E-state index in [2.05, 4.69) is 20.6 Å². The molecule has 1 heterocycles. The minimum atomic E-state index is -0.392. The molecule has 1 aromatic heterocycles. The average Bonchev–Trinajstić information content (AvgIpc) is 2.67. The van der Waals surface area contributed by atoms with Crippen molar-refractivity contribution >= 4 is 17.4 Å². The summed E-state index contributed by atoms with van der Waals surface area (Å²) < 4.78 is 20.8. The minimum absolute atomic E-state index is 0.216. The molecule has 2 N–H and O–H groups in total. The van der Waals surface area contributed by atoms with Gasteiger partial charge in [0, 0.05) is 37.5 Å². The van der Waals surface area contributed by atoms with Gasteiger partial charge in [0.1, 0.15) is 17.8 Å². The summed E-state index contributed by atoms with van der Waals surface area (Å²) in [4.78, 5) is 20.5. The molecule has 9 heteroatoms. The fourth-order valence-electron chi connectivity index (χ4n) is 2.21. The third kappa shape index (κ3) is 4.73. The van der Waals surface area contributed by atoms with Crippen LogP contribution in [0, 0.1) is 0 Å². The number of amides is 1. The molecule has 0 atom stereocenters.